The minimum absolute atomic E-state index is 0.742. The van der Waals surface area contributed by atoms with Gasteiger partial charge < -0.3 is 5.32 Å². The van der Waals surface area contributed by atoms with Crippen molar-refractivity contribution in [1.82, 2.24) is 15.3 Å². The van der Waals surface area contributed by atoms with Crippen molar-refractivity contribution in [2.24, 2.45) is 0 Å². The molecule has 0 bridgehead atoms. The molecule has 1 saturated carbocycles. The second kappa shape index (κ2) is 4.84. The molecule has 0 aliphatic heterocycles. The number of nitrogens with zero attached hydrogens (tertiary/aromatic N) is 2. The fourth-order valence-electron chi connectivity index (χ4n) is 1.54. The van der Waals surface area contributed by atoms with Crippen molar-refractivity contribution in [2.75, 3.05) is 0 Å². The normalized spacial score (nSPS) is 15.1. The fourth-order valence-corrected chi connectivity index (χ4v) is 2.62. The van der Waals surface area contributed by atoms with E-state index in [-0.39, 0.29) is 0 Å². The van der Waals surface area contributed by atoms with Crippen LogP contribution in [-0.2, 0) is 6.54 Å². The standard InChI is InChI=1S/C12H12BrN3S/c13-8-1-4-11(15-5-8)12-16-7-10(17-12)6-14-9-2-3-9/h1,4-5,7,9,14H,2-3,6H2. The van der Waals surface area contributed by atoms with Crippen molar-refractivity contribution in [3.63, 3.8) is 0 Å². The Bertz CT molecular complexity index is 505. The van der Waals surface area contributed by atoms with Crippen LogP contribution in [0.1, 0.15) is 17.7 Å². The first-order chi connectivity index (χ1) is 8.31. The van der Waals surface area contributed by atoms with Crippen LogP contribution in [0.2, 0.25) is 0 Å². The predicted octanol–water partition coefficient (Wildman–Crippen LogP) is 3.22. The number of nitrogens with one attached hydrogen (secondary N) is 1. The number of rotatable bonds is 4. The lowest BCUT2D eigenvalue weighted by Gasteiger charge is -1.97. The molecular weight excluding hydrogens is 298 g/mol. The zero-order valence-corrected chi connectivity index (χ0v) is 11.6. The fraction of sp³-hybridized carbons (Fsp3) is 0.333. The average Bonchev–Trinajstić information content (AvgIpc) is 3.06. The maximum Gasteiger partial charge on any atom is 0.142 e. The summed E-state index contributed by atoms with van der Waals surface area (Å²) in [6.07, 6.45) is 6.39. The summed E-state index contributed by atoms with van der Waals surface area (Å²) in [7, 11) is 0. The SMILES string of the molecule is Brc1ccc(-c2ncc(CNC3CC3)s2)nc1. The Hall–Kier alpha value is -0.780. The first-order valence-electron chi connectivity index (χ1n) is 5.61. The van der Waals surface area contributed by atoms with E-state index in [0.29, 0.717) is 0 Å². The van der Waals surface area contributed by atoms with Crippen LogP contribution in [0.25, 0.3) is 10.7 Å². The monoisotopic (exact) mass is 309 g/mol. The summed E-state index contributed by atoms with van der Waals surface area (Å²) in [4.78, 5) is 10.0. The predicted molar refractivity (Wildman–Crippen MR) is 72.9 cm³/mol. The van der Waals surface area contributed by atoms with Gasteiger partial charge in [0.1, 0.15) is 5.01 Å². The molecule has 0 atom stereocenters. The van der Waals surface area contributed by atoms with Crippen LogP contribution in [0.3, 0.4) is 0 Å². The Morgan fingerprint density at radius 3 is 2.88 bits per heavy atom. The van der Waals surface area contributed by atoms with E-state index in [0.717, 1.165) is 27.8 Å². The van der Waals surface area contributed by atoms with Crippen LogP contribution in [0.4, 0.5) is 0 Å². The average molecular weight is 310 g/mol. The van der Waals surface area contributed by atoms with Crippen LogP contribution < -0.4 is 5.32 Å². The van der Waals surface area contributed by atoms with Crippen molar-refractivity contribution >= 4 is 27.3 Å². The molecule has 1 aliphatic carbocycles. The first kappa shape index (κ1) is 11.3. The maximum atomic E-state index is 4.42. The minimum atomic E-state index is 0.742. The summed E-state index contributed by atoms with van der Waals surface area (Å²) in [6.45, 7) is 0.929. The highest BCUT2D eigenvalue weighted by Crippen LogP contribution is 2.25. The molecule has 1 fully saturated rings. The summed E-state index contributed by atoms with van der Waals surface area (Å²) < 4.78 is 0.994. The molecule has 0 saturated heterocycles. The van der Waals surface area contributed by atoms with Crippen LogP contribution in [0.5, 0.6) is 0 Å². The zero-order chi connectivity index (χ0) is 11.7. The number of aromatic nitrogens is 2. The molecule has 3 nitrogen and oxygen atoms in total. The molecule has 0 radical (unpaired) electrons. The lowest BCUT2D eigenvalue weighted by Crippen LogP contribution is -2.14. The number of thiazole rings is 1. The maximum absolute atomic E-state index is 4.42. The van der Waals surface area contributed by atoms with Crippen LogP contribution >= 0.6 is 27.3 Å². The van der Waals surface area contributed by atoms with Gasteiger partial charge in [0.2, 0.25) is 0 Å². The molecule has 88 valence electrons. The Morgan fingerprint density at radius 1 is 1.29 bits per heavy atom. The van der Waals surface area contributed by atoms with Gasteiger partial charge in [-0.1, -0.05) is 0 Å². The third kappa shape index (κ3) is 2.91. The summed E-state index contributed by atoms with van der Waals surface area (Å²) >= 11 is 5.09. The van der Waals surface area contributed by atoms with E-state index in [1.165, 1.54) is 17.7 Å². The van der Waals surface area contributed by atoms with Gasteiger partial charge in [0.25, 0.3) is 0 Å². The van der Waals surface area contributed by atoms with Gasteiger partial charge in [-0.25, -0.2) is 4.98 Å². The summed E-state index contributed by atoms with van der Waals surface area (Å²) in [5.41, 5.74) is 0.941. The van der Waals surface area contributed by atoms with Crippen molar-refractivity contribution < 1.29 is 0 Å². The van der Waals surface area contributed by atoms with Crippen LogP contribution in [0, 0.1) is 0 Å². The molecule has 2 heterocycles. The molecule has 0 amide bonds. The van der Waals surface area contributed by atoms with Crippen LogP contribution in [0.15, 0.2) is 29.0 Å². The van der Waals surface area contributed by atoms with Gasteiger partial charge in [-0.15, -0.1) is 11.3 Å². The Balaban J connectivity index is 1.72. The second-order valence-corrected chi connectivity index (χ2v) is 6.18. The Labute approximate surface area is 112 Å². The molecule has 0 aromatic carbocycles. The molecule has 0 spiro atoms. The molecule has 0 unspecified atom stereocenters. The van der Waals surface area contributed by atoms with Crippen molar-refractivity contribution in [1.29, 1.82) is 0 Å². The number of hydrogen-bond acceptors (Lipinski definition) is 4. The second-order valence-electron chi connectivity index (χ2n) is 4.15. The van der Waals surface area contributed by atoms with Gasteiger partial charge in [0.05, 0.1) is 5.69 Å². The lowest BCUT2D eigenvalue weighted by molar-refractivity contribution is 0.694. The molecule has 2 aromatic heterocycles. The Kier molecular flexibility index (Phi) is 3.22. The van der Waals surface area contributed by atoms with Gasteiger partial charge in [-0.05, 0) is 40.9 Å². The third-order valence-electron chi connectivity index (χ3n) is 2.64. The van der Waals surface area contributed by atoms with E-state index in [9.17, 15) is 0 Å². The molecule has 1 aliphatic rings. The zero-order valence-electron chi connectivity index (χ0n) is 9.19. The summed E-state index contributed by atoms with van der Waals surface area (Å²) in [5.74, 6) is 0. The highest BCUT2D eigenvalue weighted by Gasteiger charge is 2.20. The van der Waals surface area contributed by atoms with Crippen molar-refractivity contribution in [3.05, 3.63) is 33.9 Å². The number of halogens is 1. The smallest absolute Gasteiger partial charge is 0.142 e. The van der Waals surface area contributed by atoms with E-state index < -0.39 is 0 Å². The van der Waals surface area contributed by atoms with Gasteiger partial charge in [0, 0.05) is 34.3 Å². The summed E-state index contributed by atoms with van der Waals surface area (Å²) in [5, 5.41) is 4.48. The highest BCUT2D eigenvalue weighted by atomic mass is 79.9. The van der Waals surface area contributed by atoms with Crippen molar-refractivity contribution in [2.45, 2.75) is 25.4 Å². The third-order valence-corrected chi connectivity index (χ3v) is 4.13. The Morgan fingerprint density at radius 2 is 2.18 bits per heavy atom. The van der Waals surface area contributed by atoms with E-state index in [2.05, 4.69) is 31.2 Å². The van der Waals surface area contributed by atoms with E-state index in [4.69, 9.17) is 0 Å². The molecule has 17 heavy (non-hydrogen) atoms. The molecule has 1 N–H and O–H groups in total. The van der Waals surface area contributed by atoms with E-state index in [1.54, 1.807) is 17.5 Å². The van der Waals surface area contributed by atoms with E-state index in [1.807, 2.05) is 18.3 Å². The minimum Gasteiger partial charge on any atom is -0.309 e. The molecule has 2 aromatic rings. The van der Waals surface area contributed by atoms with Gasteiger partial charge in [-0.3, -0.25) is 4.98 Å². The van der Waals surface area contributed by atoms with Gasteiger partial charge >= 0.3 is 0 Å². The quantitative estimate of drug-likeness (QED) is 0.942. The lowest BCUT2D eigenvalue weighted by atomic mass is 10.4. The highest BCUT2D eigenvalue weighted by molar-refractivity contribution is 9.10. The first-order valence-corrected chi connectivity index (χ1v) is 7.22. The number of pyridine rings is 1. The topological polar surface area (TPSA) is 37.8 Å². The number of hydrogen-bond donors (Lipinski definition) is 1. The van der Waals surface area contributed by atoms with E-state index >= 15 is 0 Å². The van der Waals surface area contributed by atoms with Gasteiger partial charge in [0.15, 0.2) is 0 Å². The summed E-state index contributed by atoms with van der Waals surface area (Å²) in [6, 6.07) is 4.72. The van der Waals surface area contributed by atoms with Crippen LogP contribution in [-0.4, -0.2) is 16.0 Å². The molecular formula is C12H12BrN3S. The largest absolute Gasteiger partial charge is 0.309 e. The van der Waals surface area contributed by atoms with Gasteiger partial charge in [-0.2, -0.15) is 0 Å². The molecule has 3 rings (SSSR count). The molecule has 5 heteroatoms. The van der Waals surface area contributed by atoms with Crippen molar-refractivity contribution in [3.8, 4) is 10.7 Å².